The monoisotopic (exact) mass is 314 g/mol. The largest absolute Gasteiger partial charge is 0.326 e. The van der Waals surface area contributed by atoms with Crippen LogP contribution in [0.15, 0.2) is 22.7 Å². The molecule has 2 N–H and O–H groups in total. The van der Waals surface area contributed by atoms with Gasteiger partial charge in [0.1, 0.15) is 5.82 Å². The summed E-state index contributed by atoms with van der Waals surface area (Å²) in [5.41, 5.74) is 7.38. The number of hydrogen-bond donors (Lipinski definition) is 1. The van der Waals surface area contributed by atoms with Gasteiger partial charge in [-0.05, 0) is 66.9 Å². The normalized spacial score (nSPS) is 25.7. The lowest BCUT2D eigenvalue weighted by Crippen LogP contribution is -2.48. The maximum Gasteiger partial charge on any atom is 0.137 e. The van der Waals surface area contributed by atoms with Crippen molar-refractivity contribution in [2.24, 2.45) is 5.73 Å². The van der Waals surface area contributed by atoms with Crippen LogP contribution in [-0.4, -0.2) is 23.5 Å². The topological polar surface area (TPSA) is 29.3 Å². The number of benzene rings is 1. The Morgan fingerprint density at radius 2 is 2.17 bits per heavy atom. The Morgan fingerprint density at radius 3 is 2.78 bits per heavy atom. The number of nitrogens with two attached hydrogens (primary N) is 1. The van der Waals surface area contributed by atoms with Gasteiger partial charge in [-0.15, -0.1) is 0 Å². The number of halogens is 2. The van der Waals surface area contributed by atoms with Crippen molar-refractivity contribution in [2.45, 2.75) is 44.8 Å². The van der Waals surface area contributed by atoms with Crippen molar-refractivity contribution in [2.75, 3.05) is 6.54 Å². The van der Waals surface area contributed by atoms with Crippen LogP contribution in [0, 0.1) is 5.82 Å². The van der Waals surface area contributed by atoms with E-state index in [-0.39, 0.29) is 17.9 Å². The Bertz CT molecular complexity index is 422. The molecule has 2 nitrogen and oxygen atoms in total. The van der Waals surface area contributed by atoms with E-state index in [2.05, 4.69) is 34.7 Å². The molecule has 4 heteroatoms. The van der Waals surface area contributed by atoms with Crippen molar-refractivity contribution in [1.29, 1.82) is 0 Å². The van der Waals surface area contributed by atoms with Crippen LogP contribution in [-0.2, 0) is 0 Å². The number of rotatable bonds is 2. The lowest BCUT2D eigenvalue weighted by Gasteiger charge is -2.42. The van der Waals surface area contributed by atoms with E-state index in [1.807, 2.05) is 12.1 Å². The lowest BCUT2D eigenvalue weighted by molar-refractivity contribution is 0.0946. The fourth-order valence-corrected chi connectivity index (χ4v) is 3.16. The van der Waals surface area contributed by atoms with Crippen LogP contribution in [0.2, 0.25) is 0 Å². The van der Waals surface area contributed by atoms with Crippen LogP contribution < -0.4 is 5.73 Å². The van der Waals surface area contributed by atoms with E-state index in [1.165, 1.54) is 6.07 Å². The number of hydrogen-bond acceptors (Lipinski definition) is 2. The van der Waals surface area contributed by atoms with Gasteiger partial charge in [-0.3, -0.25) is 4.90 Å². The molecule has 2 rings (SSSR count). The van der Waals surface area contributed by atoms with Crippen LogP contribution in [0.1, 0.15) is 38.3 Å². The highest BCUT2D eigenvalue weighted by molar-refractivity contribution is 9.10. The summed E-state index contributed by atoms with van der Waals surface area (Å²) < 4.78 is 13.8. The van der Waals surface area contributed by atoms with Crippen LogP contribution in [0.25, 0.3) is 0 Å². The summed E-state index contributed by atoms with van der Waals surface area (Å²) >= 11 is 3.26. The van der Waals surface area contributed by atoms with E-state index in [1.54, 1.807) is 0 Å². The van der Waals surface area contributed by atoms with Gasteiger partial charge in [-0.2, -0.15) is 0 Å². The predicted octanol–water partition coefficient (Wildman–Crippen LogP) is 3.46. The summed E-state index contributed by atoms with van der Waals surface area (Å²) in [5, 5.41) is 0. The molecule has 100 valence electrons. The molecule has 18 heavy (non-hydrogen) atoms. The minimum atomic E-state index is -0.223. The molecule has 0 amide bonds. The molecule has 0 aromatic heterocycles. The highest BCUT2D eigenvalue weighted by atomic mass is 79.9. The predicted molar refractivity (Wildman–Crippen MR) is 75.9 cm³/mol. The van der Waals surface area contributed by atoms with Gasteiger partial charge in [0.15, 0.2) is 0 Å². The first-order valence-corrected chi connectivity index (χ1v) is 7.26. The van der Waals surface area contributed by atoms with Gasteiger partial charge in [-0.25, -0.2) is 4.39 Å². The van der Waals surface area contributed by atoms with Crippen LogP contribution in [0.4, 0.5) is 4.39 Å². The summed E-state index contributed by atoms with van der Waals surface area (Å²) in [4.78, 5) is 2.41. The van der Waals surface area contributed by atoms with E-state index in [4.69, 9.17) is 5.73 Å². The highest BCUT2D eigenvalue weighted by Gasteiger charge is 2.31. The molecule has 1 aromatic rings. The average Bonchev–Trinajstić information content (AvgIpc) is 2.32. The second-order valence-corrected chi connectivity index (χ2v) is 6.11. The maximum atomic E-state index is 13.3. The van der Waals surface area contributed by atoms with Gasteiger partial charge >= 0.3 is 0 Å². The average molecular weight is 315 g/mol. The summed E-state index contributed by atoms with van der Waals surface area (Å²) in [7, 11) is 0. The van der Waals surface area contributed by atoms with Crippen molar-refractivity contribution in [3.8, 4) is 0 Å². The molecule has 0 radical (unpaired) electrons. The molecule has 0 aliphatic carbocycles. The zero-order chi connectivity index (χ0) is 13.3. The van der Waals surface area contributed by atoms with Gasteiger partial charge < -0.3 is 5.73 Å². The van der Waals surface area contributed by atoms with Gasteiger partial charge in [-0.1, -0.05) is 6.07 Å². The Balaban J connectivity index is 2.34. The standard InChI is InChI=1S/C14H20BrFN2/c1-9(2)18-7-3-4-13(17)14(18)10-5-6-12(16)11(15)8-10/h5-6,8-9,13-14H,3-4,7,17H2,1-2H3. The summed E-state index contributed by atoms with van der Waals surface area (Å²) in [6, 6.07) is 5.99. The smallest absolute Gasteiger partial charge is 0.137 e. The first-order valence-electron chi connectivity index (χ1n) is 6.47. The first-order chi connectivity index (χ1) is 8.50. The Morgan fingerprint density at radius 1 is 1.44 bits per heavy atom. The third kappa shape index (κ3) is 2.76. The van der Waals surface area contributed by atoms with Crippen LogP contribution >= 0.6 is 15.9 Å². The van der Waals surface area contributed by atoms with Crippen molar-refractivity contribution in [1.82, 2.24) is 4.90 Å². The summed E-state index contributed by atoms with van der Waals surface area (Å²) in [6.07, 6.45) is 2.17. The molecule has 0 spiro atoms. The zero-order valence-corrected chi connectivity index (χ0v) is 12.5. The molecule has 0 bridgehead atoms. The third-order valence-electron chi connectivity index (χ3n) is 3.67. The SMILES string of the molecule is CC(C)N1CCCC(N)C1c1ccc(F)c(Br)c1. The van der Waals surface area contributed by atoms with E-state index in [0.717, 1.165) is 24.9 Å². The molecule has 1 aromatic carbocycles. The molecule has 1 heterocycles. The minimum Gasteiger partial charge on any atom is -0.326 e. The van der Waals surface area contributed by atoms with Crippen LogP contribution in [0.5, 0.6) is 0 Å². The van der Waals surface area contributed by atoms with Crippen molar-refractivity contribution in [3.63, 3.8) is 0 Å². The number of piperidine rings is 1. The Labute approximate surface area is 116 Å². The van der Waals surface area contributed by atoms with Gasteiger partial charge in [0.2, 0.25) is 0 Å². The second-order valence-electron chi connectivity index (χ2n) is 5.26. The zero-order valence-electron chi connectivity index (χ0n) is 10.9. The molecule has 1 aliphatic rings. The molecule has 2 unspecified atom stereocenters. The van der Waals surface area contributed by atoms with Gasteiger partial charge in [0.05, 0.1) is 10.5 Å². The number of likely N-dealkylation sites (tertiary alicyclic amines) is 1. The first kappa shape index (κ1) is 14.0. The van der Waals surface area contributed by atoms with E-state index >= 15 is 0 Å². The molecule has 0 saturated carbocycles. The Kier molecular flexibility index (Phi) is 4.41. The van der Waals surface area contributed by atoms with Crippen molar-refractivity contribution >= 4 is 15.9 Å². The van der Waals surface area contributed by atoms with Crippen molar-refractivity contribution in [3.05, 3.63) is 34.1 Å². The molecular formula is C14H20BrFN2. The minimum absolute atomic E-state index is 0.124. The highest BCUT2D eigenvalue weighted by Crippen LogP contribution is 2.33. The molecule has 1 saturated heterocycles. The van der Waals surface area contributed by atoms with Crippen molar-refractivity contribution < 1.29 is 4.39 Å². The quantitative estimate of drug-likeness (QED) is 0.905. The summed E-state index contributed by atoms with van der Waals surface area (Å²) in [6.45, 7) is 5.43. The second kappa shape index (κ2) is 5.68. The van der Waals surface area contributed by atoms with Gasteiger partial charge in [0.25, 0.3) is 0 Å². The van der Waals surface area contributed by atoms with E-state index in [0.29, 0.717) is 10.5 Å². The van der Waals surface area contributed by atoms with Crippen LogP contribution in [0.3, 0.4) is 0 Å². The third-order valence-corrected chi connectivity index (χ3v) is 4.27. The van der Waals surface area contributed by atoms with E-state index in [9.17, 15) is 4.39 Å². The summed E-state index contributed by atoms with van der Waals surface area (Å²) in [5.74, 6) is -0.223. The van der Waals surface area contributed by atoms with Gasteiger partial charge in [0, 0.05) is 12.1 Å². The molecular weight excluding hydrogens is 295 g/mol. The Hall–Kier alpha value is -0.450. The molecule has 1 fully saturated rings. The maximum absolute atomic E-state index is 13.3. The molecule has 1 aliphatic heterocycles. The molecule has 2 atom stereocenters. The van der Waals surface area contributed by atoms with E-state index < -0.39 is 0 Å². The lowest BCUT2D eigenvalue weighted by atomic mass is 9.90. The fraction of sp³-hybridized carbons (Fsp3) is 0.571. The number of nitrogens with zero attached hydrogens (tertiary/aromatic N) is 1. The fourth-order valence-electron chi connectivity index (χ4n) is 2.77.